The van der Waals surface area contributed by atoms with E-state index in [-0.39, 0.29) is 23.4 Å². The smallest absolute Gasteiger partial charge is 0.350 e. The molecule has 2 aromatic heterocycles. The first-order valence-corrected chi connectivity index (χ1v) is 11.7. The summed E-state index contributed by atoms with van der Waals surface area (Å²) >= 11 is 1.07. The standard InChI is InChI=1S/C26H22N2O5S/c1-5-32-25(31)23-15(4)27-26(34-23)28-20(16-9-7-6-8-10-16)19-21(29)17-11-13(2)14(3)12-18(17)33-22(19)24(28)30/h6-12,20H,5H2,1-4H3. The largest absolute Gasteiger partial charge is 0.462 e. The first-order chi connectivity index (χ1) is 16.3. The molecule has 172 valence electrons. The molecule has 0 radical (unpaired) electrons. The molecule has 8 heteroatoms. The highest BCUT2D eigenvalue weighted by molar-refractivity contribution is 7.17. The van der Waals surface area contributed by atoms with E-state index in [1.807, 2.05) is 44.2 Å². The van der Waals surface area contributed by atoms with Crippen molar-refractivity contribution in [3.8, 4) is 0 Å². The number of amides is 1. The molecular weight excluding hydrogens is 452 g/mol. The van der Waals surface area contributed by atoms with E-state index in [1.54, 1.807) is 26.0 Å². The minimum atomic E-state index is -0.730. The van der Waals surface area contributed by atoms with Crippen LogP contribution in [0.25, 0.3) is 11.0 Å². The van der Waals surface area contributed by atoms with Crippen LogP contribution >= 0.6 is 11.3 Å². The van der Waals surface area contributed by atoms with E-state index in [1.165, 1.54) is 4.90 Å². The maximum absolute atomic E-state index is 13.7. The van der Waals surface area contributed by atoms with Crippen molar-refractivity contribution in [1.82, 2.24) is 4.98 Å². The van der Waals surface area contributed by atoms with Gasteiger partial charge in [-0.2, -0.15) is 0 Å². The highest BCUT2D eigenvalue weighted by atomic mass is 32.1. The monoisotopic (exact) mass is 474 g/mol. The summed E-state index contributed by atoms with van der Waals surface area (Å²) in [5.74, 6) is -0.958. The number of carbonyl (C=O) groups is 2. The first kappa shape index (κ1) is 22.0. The fourth-order valence-corrected chi connectivity index (χ4v) is 5.23. The Hall–Kier alpha value is -3.78. The Morgan fingerprint density at radius 2 is 1.82 bits per heavy atom. The number of aromatic nitrogens is 1. The van der Waals surface area contributed by atoms with Gasteiger partial charge >= 0.3 is 5.97 Å². The summed E-state index contributed by atoms with van der Waals surface area (Å²) in [6.45, 7) is 7.52. The van der Waals surface area contributed by atoms with Crippen LogP contribution in [0.15, 0.2) is 51.7 Å². The third-order valence-corrected chi connectivity index (χ3v) is 7.19. The number of fused-ring (bicyclic) bond motifs is 2. The summed E-state index contributed by atoms with van der Waals surface area (Å²) in [7, 11) is 0. The van der Waals surface area contributed by atoms with Gasteiger partial charge in [0.2, 0.25) is 5.76 Å². The number of rotatable bonds is 4. The molecule has 0 N–H and O–H groups in total. The number of ether oxygens (including phenoxy) is 1. The van der Waals surface area contributed by atoms with E-state index in [0.717, 1.165) is 28.0 Å². The SMILES string of the molecule is CCOC(=O)c1sc(N2C(=O)c3oc4cc(C)c(C)cc4c(=O)c3C2c2ccccc2)nc1C. The molecule has 0 aliphatic carbocycles. The summed E-state index contributed by atoms with van der Waals surface area (Å²) in [6, 6.07) is 12.1. The Morgan fingerprint density at radius 3 is 2.53 bits per heavy atom. The van der Waals surface area contributed by atoms with Crippen LogP contribution in [0.1, 0.15) is 61.1 Å². The Labute approximate surface area is 199 Å². The lowest BCUT2D eigenvalue weighted by atomic mass is 9.98. The van der Waals surface area contributed by atoms with Gasteiger partial charge in [0.1, 0.15) is 10.5 Å². The normalized spacial score (nSPS) is 15.1. The van der Waals surface area contributed by atoms with Crippen molar-refractivity contribution in [3.05, 3.63) is 91.3 Å². The van der Waals surface area contributed by atoms with Gasteiger partial charge in [-0.25, -0.2) is 9.78 Å². The third kappa shape index (κ3) is 3.33. The zero-order valence-corrected chi connectivity index (χ0v) is 20.0. The minimum absolute atomic E-state index is 0.000133. The Kier molecular flexibility index (Phi) is 5.32. The quantitative estimate of drug-likeness (QED) is 0.382. The number of hydrogen-bond acceptors (Lipinski definition) is 7. The molecule has 4 aromatic rings. The molecule has 3 heterocycles. The van der Waals surface area contributed by atoms with Crippen molar-refractivity contribution in [1.29, 1.82) is 0 Å². The van der Waals surface area contributed by atoms with Gasteiger partial charge in [0.05, 0.1) is 29.3 Å². The van der Waals surface area contributed by atoms with Crippen LogP contribution in [0.2, 0.25) is 0 Å². The molecule has 0 fully saturated rings. The number of anilines is 1. The average molecular weight is 475 g/mol. The van der Waals surface area contributed by atoms with Gasteiger partial charge in [0.15, 0.2) is 10.6 Å². The number of aryl methyl sites for hydroxylation is 3. The molecule has 7 nitrogen and oxygen atoms in total. The number of thiazole rings is 1. The number of esters is 1. The van der Waals surface area contributed by atoms with E-state index in [0.29, 0.717) is 26.7 Å². The lowest BCUT2D eigenvalue weighted by Crippen LogP contribution is -2.29. The van der Waals surface area contributed by atoms with Crippen molar-refractivity contribution >= 4 is 39.3 Å². The van der Waals surface area contributed by atoms with Crippen molar-refractivity contribution < 1.29 is 18.7 Å². The number of carbonyl (C=O) groups excluding carboxylic acids is 2. The first-order valence-electron chi connectivity index (χ1n) is 10.9. The van der Waals surface area contributed by atoms with Gasteiger partial charge in [-0.1, -0.05) is 41.7 Å². The van der Waals surface area contributed by atoms with Crippen LogP contribution in [-0.2, 0) is 4.74 Å². The van der Waals surface area contributed by atoms with Gasteiger partial charge in [-0.05, 0) is 56.5 Å². The maximum Gasteiger partial charge on any atom is 0.350 e. The third-order valence-electron chi connectivity index (χ3n) is 6.05. The van der Waals surface area contributed by atoms with Crippen LogP contribution in [0.4, 0.5) is 5.13 Å². The predicted octanol–water partition coefficient (Wildman–Crippen LogP) is 5.10. The predicted molar refractivity (Wildman–Crippen MR) is 130 cm³/mol. The van der Waals surface area contributed by atoms with Gasteiger partial charge in [0.25, 0.3) is 5.91 Å². The van der Waals surface area contributed by atoms with Gasteiger partial charge in [-0.3, -0.25) is 14.5 Å². The van der Waals surface area contributed by atoms with E-state index in [2.05, 4.69) is 4.98 Å². The molecule has 0 saturated heterocycles. The molecular formula is C26H22N2O5S. The second kappa shape index (κ2) is 8.22. The van der Waals surface area contributed by atoms with Crippen LogP contribution in [0.3, 0.4) is 0 Å². The molecule has 1 aliphatic rings. The highest BCUT2D eigenvalue weighted by Gasteiger charge is 2.45. The van der Waals surface area contributed by atoms with E-state index in [9.17, 15) is 14.4 Å². The fourth-order valence-electron chi connectivity index (χ4n) is 4.25. The maximum atomic E-state index is 13.7. The molecule has 1 atom stereocenters. The molecule has 1 unspecified atom stereocenters. The zero-order valence-electron chi connectivity index (χ0n) is 19.2. The minimum Gasteiger partial charge on any atom is -0.462 e. The fraction of sp³-hybridized carbons (Fsp3) is 0.231. The molecule has 0 spiro atoms. The molecule has 5 rings (SSSR count). The van der Waals surface area contributed by atoms with Gasteiger partial charge in [0, 0.05) is 0 Å². The van der Waals surface area contributed by atoms with Crippen molar-refractivity contribution in [2.24, 2.45) is 0 Å². The lowest BCUT2D eigenvalue weighted by molar-refractivity contribution is 0.0531. The molecule has 34 heavy (non-hydrogen) atoms. The number of nitrogens with zero attached hydrogens (tertiary/aromatic N) is 2. The average Bonchev–Trinajstić information content (AvgIpc) is 3.34. The molecule has 2 aromatic carbocycles. The lowest BCUT2D eigenvalue weighted by Gasteiger charge is -2.22. The second-order valence-corrected chi connectivity index (χ2v) is 9.20. The molecule has 0 saturated carbocycles. The summed E-state index contributed by atoms with van der Waals surface area (Å²) in [4.78, 5) is 46.1. The van der Waals surface area contributed by atoms with Crippen molar-refractivity contribution in [2.45, 2.75) is 33.7 Å². The molecule has 0 bridgehead atoms. The highest BCUT2D eigenvalue weighted by Crippen LogP contribution is 2.43. The Bertz CT molecular complexity index is 1520. The van der Waals surface area contributed by atoms with Crippen LogP contribution in [0, 0.1) is 20.8 Å². The second-order valence-electron chi connectivity index (χ2n) is 8.23. The molecule has 1 amide bonds. The van der Waals surface area contributed by atoms with E-state index >= 15 is 0 Å². The summed E-state index contributed by atoms with van der Waals surface area (Å²) in [6.07, 6.45) is 0. The van der Waals surface area contributed by atoms with Crippen molar-refractivity contribution in [2.75, 3.05) is 11.5 Å². The van der Waals surface area contributed by atoms with Gasteiger partial charge < -0.3 is 9.15 Å². The Balaban J connectivity index is 1.76. The Morgan fingerprint density at radius 1 is 1.12 bits per heavy atom. The van der Waals surface area contributed by atoms with Crippen molar-refractivity contribution in [3.63, 3.8) is 0 Å². The zero-order chi connectivity index (χ0) is 24.1. The van der Waals surface area contributed by atoms with Gasteiger partial charge in [-0.15, -0.1) is 0 Å². The summed E-state index contributed by atoms with van der Waals surface area (Å²) < 4.78 is 11.2. The van der Waals surface area contributed by atoms with E-state index < -0.39 is 17.9 Å². The summed E-state index contributed by atoms with van der Waals surface area (Å²) in [5, 5.41) is 0.738. The molecule has 1 aliphatic heterocycles. The van der Waals surface area contributed by atoms with Crippen LogP contribution < -0.4 is 10.3 Å². The van der Waals surface area contributed by atoms with Crippen LogP contribution in [0.5, 0.6) is 0 Å². The topological polar surface area (TPSA) is 89.7 Å². The van der Waals surface area contributed by atoms with Crippen LogP contribution in [-0.4, -0.2) is 23.5 Å². The van der Waals surface area contributed by atoms with E-state index in [4.69, 9.17) is 9.15 Å². The number of benzene rings is 2. The number of hydrogen-bond donors (Lipinski definition) is 0. The summed E-state index contributed by atoms with van der Waals surface area (Å²) in [5.41, 5.74) is 3.54.